The average Bonchev–Trinajstić information content (AvgIpc) is 2.99. The second-order valence-electron chi connectivity index (χ2n) is 10.4. The van der Waals surface area contributed by atoms with E-state index in [9.17, 15) is 5.11 Å². The Balaban J connectivity index is 1.70. The zero-order chi connectivity index (χ0) is 20.3. The summed E-state index contributed by atoms with van der Waals surface area (Å²) < 4.78 is 0. The lowest BCUT2D eigenvalue weighted by Gasteiger charge is -2.42. The van der Waals surface area contributed by atoms with Crippen LogP contribution in [-0.2, 0) is 0 Å². The molecule has 1 N–H and O–H groups in total. The van der Waals surface area contributed by atoms with Crippen LogP contribution in [0.3, 0.4) is 0 Å². The fourth-order valence-corrected chi connectivity index (χ4v) is 5.81. The predicted octanol–water partition coefficient (Wildman–Crippen LogP) is 7.40. The molecule has 1 heteroatoms. The molecule has 0 bridgehead atoms. The van der Waals surface area contributed by atoms with Gasteiger partial charge in [0.15, 0.2) is 0 Å². The Labute approximate surface area is 173 Å². The number of hydrogen-bond donors (Lipinski definition) is 1. The maximum Gasteiger partial charge on any atom is 0.0583 e. The van der Waals surface area contributed by atoms with Gasteiger partial charge in [0.2, 0.25) is 0 Å². The van der Waals surface area contributed by atoms with Gasteiger partial charge in [0.05, 0.1) is 6.10 Å². The maximum atomic E-state index is 10.0. The summed E-state index contributed by atoms with van der Waals surface area (Å²) in [5.74, 6) is 2.99. The van der Waals surface area contributed by atoms with Gasteiger partial charge in [-0.1, -0.05) is 69.7 Å². The lowest BCUT2D eigenvalue weighted by atomic mass is 9.63. The fourth-order valence-electron chi connectivity index (χ4n) is 5.81. The minimum absolute atomic E-state index is 0.178. The van der Waals surface area contributed by atoms with E-state index in [2.05, 4.69) is 58.6 Å². The lowest BCUT2D eigenvalue weighted by molar-refractivity contribution is 0.137. The molecule has 3 saturated carbocycles. The fraction of sp³-hybridized carbons (Fsp3) is 0.704. The van der Waals surface area contributed by atoms with Crippen LogP contribution in [0.15, 0.2) is 47.6 Å². The highest BCUT2D eigenvalue weighted by Gasteiger charge is 2.48. The summed E-state index contributed by atoms with van der Waals surface area (Å²) in [6.45, 7) is 13.8. The van der Waals surface area contributed by atoms with Crippen LogP contribution in [0.4, 0.5) is 0 Å². The summed E-state index contributed by atoms with van der Waals surface area (Å²) in [4.78, 5) is 0. The third-order valence-corrected chi connectivity index (χ3v) is 8.26. The number of aliphatic hydroxyl groups excluding tert-OH is 1. The van der Waals surface area contributed by atoms with Crippen LogP contribution < -0.4 is 0 Å². The summed E-state index contributed by atoms with van der Waals surface area (Å²) in [7, 11) is 0. The first-order valence-corrected chi connectivity index (χ1v) is 11.7. The Kier molecular flexibility index (Phi) is 7.07. The molecule has 0 spiro atoms. The van der Waals surface area contributed by atoms with Gasteiger partial charge in [0, 0.05) is 0 Å². The molecule has 0 radical (unpaired) electrons. The Hall–Kier alpha value is -1.08. The van der Waals surface area contributed by atoms with Crippen LogP contribution in [0.25, 0.3) is 0 Å². The molecule has 3 rings (SSSR count). The van der Waals surface area contributed by atoms with Crippen molar-refractivity contribution < 1.29 is 5.11 Å². The normalized spacial score (nSPS) is 37.9. The quantitative estimate of drug-likeness (QED) is 0.491. The summed E-state index contributed by atoms with van der Waals surface area (Å²) in [5, 5.41) is 10.0. The minimum Gasteiger partial charge on any atom is -0.393 e. The van der Waals surface area contributed by atoms with E-state index in [1.807, 2.05) is 0 Å². The number of hydrogen-bond acceptors (Lipinski definition) is 1. The zero-order valence-corrected chi connectivity index (χ0v) is 18.7. The topological polar surface area (TPSA) is 20.2 Å². The van der Waals surface area contributed by atoms with Gasteiger partial charge in [0.1, 0.15) is 0 Å². The molecule has 0 amide bonds. The number of aliphatic hydroxyl groups is 1. The van der Waals surface area contributed by atoms with Crippen LogP contribution in [0.2, 0.25) is 0 Å². The van der Waals surface area contributed by atoms with E-state index in [-0.39, 0.29) is 6.10 Å². The van der Waals surface area contributed by atoms with Crippen LogP contribution in [0, 0.1) is 29.1 Å². The molecule has 28 heavy (non-hydrogen) atoms. The van der Waals surface area contributed by atoms with Crippen LogP contribution in [0.1, 0.15) is 85.5 Å². The third kappa shape index (κ3) is 4.73. The van der Waals surface area contributed by atoms with E-state index >= 15 is 0 Å². The van der Waals surface area contributed by atoms with Crippen LogP contribution in [-0.4, -0.2) is 11.2 Å². The monoisotopic (exact) mass is 382 g/mol. The van der Waals surface area contributed by atoms with Gasteiger partial charge >= 0.3 is 0 Å². The van der Waals surface area contributed by atoms with E-state index in [1.165, 1.54) is 49.7 Å². The highest BCUT2D eigenvalue weighted by molar-refractivity contribution is 5.36. The van der Waals surface area contributed by atoms with Gasteiger partial charge in [-0.3, -0.25) is 0 Å². The molecule has 2 unspecified atom stereocenters. The summed E-state index contributed by atoms with van der Waals surface area (Å²) in [5.41, 5.74) is 4.64. The van der Waals surface area contributed by atoms with E-state index in [0.29, 0.717) is 11.3 Å². The van der Waals surface area contributed by atoms with Crippen molar-refractivity contribution in [2.24, 2.45) is 29.1 Å². The van der Waals surface area contributed by atoms with Crippen molar-refractivity contribution in [2.75, 3.05) is 0 Å². The molecule has 3 fully saturated rings. The first kappa shape index (κ1) is 21.6. The van der Waals surface area contributed by atoms with Gasteiger partial charge in [-0.05, 0) is 92.4 Å². The number of allylic oxidation sites excluding steroid dienone is 6. The van der Waals surface area contributed by atoms with Gasteiger partial charge < -0.3 is 5.11 Å². The molecule has 0 heterocycles. The van der Waals surface area contributed by atoms with Crippen molar-refractivity contribution in [3.05, 3.63) is 47.6 Å². The second kappa shape index (κ2) is 9.16. The largest absolute Gasteiger partial charge is 0.393 e. The number of fused-ring (bicyclic) bond motifs is 1. The summed E-state index contributed by atoms with van der Waals surface area (Å²) >= 11 is 0. The average molecular weight is 383 g/mol. The van der Waals surface area contributed by atoms with Crippen molar-refractivity contribution in [3.8, 4) is 0 Å². The Bertz CT molecular complexity index is 649. The zero-order valence-electron chi connectivity index (χ0n) is 18.7. The lowest BCUT2D eigenvalue weighted by Crippen LogP contribution is -2.33. The molecule has 1 nitrogen and oxygen atoms in total. The molecule has 3 aliphatic rings. The predicted molar refractivity (Wildman–Crippen MR) is 121 cm³/mol. The minimum atomic E-state index is -0.178. The van der Waals surface area contributed by atoms with Crippen molar-refractivity contribution in [3.63, 3.8) is 0 Å². The van der Waals surface area contributed by atoms with Gasteiger partial charge in [-0.25, -0.2) is 0 Å². The van der Waals surface area contributed by atoms with E-state index in [1.54, 1.807) is 5.57 Å². The second-order valence-corrected chi connectivity index (χ2v) is 10.4. The van der Waals surface area contributed by atoms with Gasteiger partial charge in [-0.2, -0.15) is 0 Å². The summed E-state index contributed by atoms with van der Waals surface area (Å²) in [6, 6.07) is 0. The molecule has 0 aromatic rings. The molecule has 3 aliphatic carbocycles. The maximum absolute atomic E-state index is 10.0. The van der Waals surface area contributed by atoms with E-state index < -0.39 is 0 Å². The van der Waals surface area contributed by atoms with Crippen molar-refractivity contribution >= 4 is 0 Å². The Morgan fingerprint density at radius 1 is 1.14 bits per heavy atom. The van der Waals surface area contributed by atoms with Gasteiger partial charge in [0.25, 0.3) is 0 Å². The standard InChI is InChI=1S/C27H42O/c1-19(2)20(3)8-6-10-24-14-16-26-22(9-7-17-27(24,26)5)12-13-23-18-25(28)15-11-21(23)4/h6,8,12-13,19-20,24-26,28H,4,7,9-11,14-18H2,1-3,5H3/b8-6+,22-12+,23-13-/t20-,24?,25-,26?,27+/m0/s1. The smallest absolute Gasteiger partial charge is 0.0583 e. The van der Waals surface area contributed by atoms with E-state index in [0.717, 1.165) is 37.0 Å². The molecule has 0 saturated heterocycles. The van der Waals surface area contributed by atoms with Crippen molar-refractivity contribution in [1.29, 1.82) is 0 Å². The van der Waals surface area contributed by atoms with E-state index in [4.69, 9.17) is 0 Å². The molecule has 156 valence electrons. The highest BCUT2D eigenvalue weighted by atomic mass is 16.3. The Morgan fingerprint density at radius 2 is 1.93 bits per heavy atom. The molecule has 0 aliphatic heterocycles. The molecular weight excluding hydrogens is 340 g/mol. The molecular formula is C27H42O. The highest BCUT2D eigenvalue weighted by Crippen LogP contribution is 2.58. The molecule has 0 aromatic heterocycles. The first-order chi connectivity index (χ1) is 13.3. The third-order valence-electron chi connectivity index (χ3n) is 8.26. The van der Waals surface area contributed by atoms with Crippen molar-refractivity contribution in [1.82, 2.24) is 0 Å². The summed E-state index contributed by atoms with van der Waals surface area (Å²) in [6.07, 6.45) is 20.0. The molecule has 5 atom stereocenters. The SMILES string of the molecule is C=C1CC[C@H](O)C/C1=C/C=C1\CCC[C@]2(C)C(C/C=C/[C@H](C)C(C)C)CCC12. The van der Waals surface area contributed by atoms with Crippen LogP contribution >= 0.6 is 0 Å². The van der Waals surface area contributed by atoms with Gasteiger partial charge in [-0.15, -0.1) is 0 Å². The van der Waals surface area contributed by atoms with Crippen LogP contribution in [0.5, 0.6) is 0 Å². The number of rotatable bonds is 5. The molecule has 0 aromatic carbocycles. The Morgan fingerprint density at radius 3 is 2.68 bits per heavy atom. The van der Waals surface area contributed by atoms with Crippen molar-refractivity contribution in [2.45, 2.75) is 91.6 Å². The first-order valence-electron chi connectivity index (χ1n) is 11.7.